The van der Waals surface area contributed by atoms with E-state index in [1.807, 2.05) is 44.3 Å². The molecule has 12 heteroatoms. The Morgan fingerprint density at radius 2 is 1.89 bits per heavy atom. The van der Waals surface area contributed by atoms with Crippen LogP contribution in [-0.4, -0.2) is 72.3 Å². The van der Waals surface area contributed by atoms with Crippen LogP contribution in [0.25, 0.3) is 10.2 Å². The molecule has 0 N–H and O–H groups in total. The minimum absolute atomic E-state index is 0.144. The number of carbonyl (C=O) groups excluding carboxylic acids is 1. The first-order valence-electron chi connectivity index (χ1n) is 12.2. The molecule has 38 heavy (non-hydrogen) atoms. The molecule has 3 heterocycles. The summed E-state index contributed by atoms with van der Waals surface area (Å²) in [7, 11) is -2.11. The molecule has 0 aliphatic carbocycles. The minimum atomic E-state index is -3.71. The Balaban J connectivity index is 1.42. The molecule has 1 saturated heterocycles. The fourth-order valence-corrected chi connectivity index (χ4v) is 7.06. The number of thiazole rings is 1. The number of amides is 1. The normalized spacial score (nSPS) is 18.5. The molecule has 2 aromatic carbocycles. The summed E-state index contributed by atoms with van der Waals surface area (Å²) >= 11 is 1.39. The zero-order valence-electron chi connectivity index (χ0n) is 21.4. The van der Waals surface area contributed by atoms with Gasteiger partial charge in [-0.25, -0.2) is 13.4 Å². The summed E-state index contributed by atoms with van der Waals surface area (Å²) in [5, 5.41) is 4.78. The number of benzene rings is 2. The number of carbonyl (C=O) groups is 1. The Kier molecular flexibility index (Phi) is 7.48. The molecular weight excluding hydrogens is 526 g/mol. The van der Waals surface area contributed by atoms with Gasteiger partial charge in [-0.05, 0) is 62.4 Å². The first-order valence-corrected chi connectivity index (χ1v) is 14.5. The summed E-state index contributed by atoms with van der Waals surface area (Å²) in [5.74, 6) is 0.434. The third kappa shape index (κ3) is 5.44. The molecule has 1 fully saturated rings. The zero-order chi connectivity index (χ0) is 26.9. The van der Waals surface area contributed by atoms with Crippen molar-refractivity contribution in [1.82, 2.24) is 19.1 Å². The lowest BCUT2D eigenvalue weighted by atomic mass is 10.2. The minimum Gasteiger partial charge on any atom is -0.497 e. The van der Waals surface area contributed by atoms with Crippen molar-refractivity contribution >= 4 is 42.6 Å². The molecular formula is C26H29N5O5S2. The van der Waals surface area contributed by atoms with Crippen molar-refractivity contribution in [2.45, 2.75) is 37.5 Å². The SMILES string of the molecule is COc1ccc2nc(N(CCn3cccn3)C(=O)c3ccc(S(=O)(=O)N4CC(C)OC(C)C4)cc3)sc2c1. The highest BCUT2D eigenvalue weighted by atomic mass is 32.2. The van der Waals surface area contributed by atoms with E-state index in [1.54, 1.807) is 35.0 Å². The van der Waals surface area contributed by atoms with E-state index in [-0.39, 0.29) is 36.1 Å². The molecule has 0 saturated carbocycles. The number of fused-ring (bicyclic) bond motifs is 1. The third-order valence-electron chi connectivity index (χ3n) is 6.30. The van der Waals surface area contributed by atoms with Crippen LogP contribution in [0.3, 0.4) is 0 Å². The molecule has 2 atom stereocenters. The van der Waals surface area contributed by atoms with Gasteiger partial charge in [0, 0.05) is 37.6 Å². The monoisotopic (exact) mass is 555 g/mol. The number of rotatable bonds is 8. The van der Waals surface area contributed by atoms with Gasteiger partial charge in [0.1, 0.15) is 5.75 Å². The van der Waals surface area contributed by atoms with E-state index in [9.17, 15) is 13.2 Å². The molecule has 10 nitrogen and oxygen atoms in total. The molecule has 2 aromatic heterocycles. The van der Waals surface area contributed by atoms with E-state index in [1.165, 1.54) is 27.8 Å². The summed E-state index contributed by atoms with van der Waals surface area (Å²) in [4.78, 5) is 20.2. The Morgan fingerprint density at radius 3 is 2.55 bits per heavy atom. The fraction of sp³-hybridized carbons (Fsp3) is 0.346. The molecule has 5 rings (SSSR count). The molecule has 1 aliphatic rings. The summed E-state index contributed by atoms with van der Waals surface area (Å²) in [6.07, 6.45) is 3.14. The van der Waals surface area contributed by atoms with Gasteiger partial charge >= 0.3 is 0 Å². The van der Waals surface area contributed by atoms with Crippen LogP contribution in [-0.2, 0) is 21.3 Å². The highest BCUT2D eigenvalue weighted by molar-refractivity contribution is 7.89. The highest BCUT2D eigenvalue weighted by Gasteiger charge is 2.32. The molecule has 1 aliphatic heterocycles. The van der Waals surface area contributed by atoms with E-state index in [2.05, 4.69) is 5.10 Å². The summed E-state index contributed by atoms with van der Waals surface area (Å²) in [5.41, 5.74) is 1.13. The number of ether oxygens (including phenoxy) is 2. The first-order chi connectivity index (χ1) is 18.2. The average molecular weight is 556 g/mol. The van der Waals surface area contributed by atoms with Crippen molar-refractivity contribution in [2.75, 3.05) is 31.6 Å². The van der Waals surface area contributed by atoms with Gasteiger partial charge in [0.05, 0.1) is 41.0 Å². The van der Waals surface area contributed by atoms with E-state index in [4.69, 9.17) is 14.5 Å². The van der Waals surface area contributed by atoms with Crippen molar-refractivity contribution in [1.29, 1.82) is 0 Å². The largest absolute Gasteiger partial charge is 0.497 e. The van der Waals surface area contributed by atoms with Gasteiger partial charge in [0.2, 0.25) is 10.0 Å². The van der Waals surface area contributed by atoms with E-state index in [0.29, 0.717) is 29.5 Å². The number of aromatic nitrogens is 3. The highest BCUT2D eigenvalue weighted by Crippen LogP contribution is 2.32. The fourth-order valence-electron chi connectivity index (χ4n) is 4.46. The lowest BCUT2D eigenvalue weighted by Gasteiger charge is -2.34. The molecule has 1 amide bonds. The van der Waals surface area contributed by atoms with Crippen molar-refractivity contribution < 1.29 is 22.7 Å². The van der Waals surface area contributed by atoms with Crippen LogP contribution in [0.15, 0.2) is 65.8 Å². The van der Waals surface area contributed by atoms with Crippen LogP contribution in [0.5, 0.6) is 5.75 Å². The molecule has 200 valence electrons. The Morgan fingerprint density at radius 1 is 1.16 bits per heavy atom. The smallest absolute Gasteiger partial charge is 0.260 e. The second-order valence-corrected chi connectivity index (χ2v) is 12.1. The Labute approximate surface area is 225 Å². The first kappa shape index (κ1) is 26.3. The predicted molar refractivity (Wildman–Crippen MR) is 145 cm³/mol. The van der Waals surface area contributed by atoms with Gasteiger partial charge in [-0.15, -0.1) is 0 Å². The number of morpholine rings is 1. The van der Waals surface area contributed by atoms with Gasteiger partial charge in [0.25, 0.3) is 5.91 Å². The van der Waals surface area contributed by atoms with Crippen molar-refractivity contribution in [3.63, 3.8) is 0 Å². The number of hydrogen-bond acceptors (Lipinski definition) is 8. The second kappa shape index (κ2) is 10.8. The van der Waals surface area contributed by atoms with E-state index < -0.39 is 10.0 Å². The van der Waals surface area contributed by atoms with Gasteiger partial charge in [-0.1, -0.05) is 11.3 Å². The lowest BCUT2D eigenvalue weighted by Crippen LogP contribution is -2.48. The summed E-state index contributed by atoms with van der Waals surface area (Å²) < 4.78 is 41.6. The predicted octanol–water partition coefficient (Wildman–Crippen LogP) is 3.65. The lowest BCUT2D eigenvalue weighted by molar-refractivity contribution is -0.0440. The van der Waals surface area contributed by atoms with Crippen molar-refractivity contribution in [2.24, 2.45) is 0 Å². The van der Waals surface area contributed by atoms with Gasteiger partial charge in [0.15, 0.2) is 5.13 Å². The van der Waals surface area contributed by atoms with Crippen molar-refractivity contribution in [3.8, 4) is 5.75 Å². The molecule has 0 bridgehead atoms. The van der Waals surface area contributed by atoms with E-state index in [0.717, 1.165) is 10.2 Å². The maximum absolute atomic E-state index is 13.7. The van der Waals surface area contributed by atoms with Gasteiger partial charge in [-0.2, -0.15) is 9.40 Å². The molecule has 2 unspecified atom stereocenters. The number of methoxy groups -OCH3 is 1. The Bertz CT molecular complexity index is 1510. The van der Waals surface area contributed by atoms with Crippen LogP contribution in [0, 0.1) is 0 Å². The maximum atomic E-state index is 13.7. The number of nitrogens with zero attached hydrogens (tertiary/aromatic N) is 5. The standard InChI is InChI=1S/C26H29N5O5S2/c1-18-16-30(17-19(2)36-18)38(33,34)22-8-5-20(6-9-22)25(32)31(14-13-29-12-4-11-27-29)26-28-23-10-7-21(35-3)15-24(23)37-26/h4-12,15,18-19H,13-14,16-17H2,1-3H3. The summed E-state index contributed by atoms with van der Waals surface area (Å²) in [6, 6.07) is 13.5. The second-order valence-electron chi connectivity index (χ2n) is 9.16. The Hall–Kier alpha value is -3.32. The number of sulfonamides is 1. The van der Waals surface area contributed by atoms with Crippen LogP contribution in [0.4, 0.5) is 5.13 Å². The average Bonchev–Trinajstić information content (AvgIpc) is 3.57. The van der Waals surface area contributed by atoms with Crippen molar-refractivity contribution in [3.05, 3.63) is 66.5 Å². The van der Waals surface area contributed by atoms with Gasteiger partial charge in [-0.3, -0.25) is 14.4 Å². The molecule has 0 spiro atoms. The maximum Gasteiger partial charge on any atom is 0.260 e. The van der Waals surface area contributed by atoms with Crippen LogP contribution in [0.2, 0.25) is 0 Å². The van der Waals surface area contributed by atoms with Crippen LogP contribution >= 0.6 is 11.3 Å². The van der Waals surface area contributed by atoms with Crippen LogP contribution < -0.4 is 9.64 Å². The molecule has 4 aromatic rings. The number of hydrogen-bond donors (Lipinski definition) is 0. The topological polar surface area (TPSA) is 107 Å². The zero-order valence-corrected chi connectivity index (χ0v) is 23.0. The number of anilines is 1. The quantitative estimate of drug-likeness (QED) is 0.327. The van der Waals surface area contributed by atoms with Crippen LogP contribution in [0.1, 0.15) is 24.2 Å². The van der Waals surface area contributed by atoms with E-state index >= 15 is 0 Å². The molecule has 0 radical (unpaired) electrons. The third-order valence-corrected chi connectivity index (χ3v) is 9.18. The van der Waals surface area contributed by atoms with Gasteiger partial charge < -0.3 is 9.47 Å². The summed E-state index contributed by atoms with van der Waals surface area (Å²) in [6.45, 7) is 5.10.